The quantitative estimate of drug-likeness (QED) is 0.425. The summed E-state index contributed by atoms with van der Waals surface area (Å²) in [5.74, 6) is 0.617. The molecule has 0 aliphatic heterocycles. The molecular formula is C23H24ClN5O4. The van der Waals surface area contributed by atoms with E-state index in [0.29, 0.717) is 16.5 Å². The van der Waals surface area contributed by atoms with Gasteiger partial charge in [0.2, 0.25) is 0 Å². The molecule has 4 aromatic rings. The molecule has 0 bridgehead atoms. The first-order chi connectivity index (χ1) is 15.9. The smallest absolute Gasteiger partial charge is 0.332 e. The number of halogens is 1. The Hall–Kier alpha value is -3.43. The highest BCUT2D eigenvalue weighted by Crippen LogP contribution is 2.28. The number of fused-ring (bicyclic) bond motifs is 1. The lowest BCUT2D eigenvalue weighted by Crippen LogP contribution is -2.39. The van der Waals surface area contributed by atoms with Crippen LogP contribution in [0.3, 0.4) is 0 Å². The van der Waals surface area contributed by atoms with E-state index in [2.05, 4.69) is 9.97 Å². The Balaban J connectivity index is 1.94. The topological polar surface area (TPSA) is 104 Å². The lowest BCUT2D eigenvalue weighted by atomic mass is 10.1. The van der Waals surface area contributed by atoms with Crippen LogP contribution in [0.25, 0.3) is 11.2 Å². The van der Waals surface area contributed by atoms with Gasteiger partial charge in [0.1, 0.15) is 5.75 Å². The van der Waals surface area contributed by atoms with E-state index in [9.17, 15) is 14.7 Å². The van der Waals surface area contributed by atoms with Gasteiger partial charge in [0.15, 0.2) is 11.2 Å². The number of pyridine rings is 1. The Morgan fingerprint density at radius 1 is 1.12 bits per heavy atom. The number of ether oxygens (including phenoxy) is 1. The van der Waals surface area contributed by atoms with Gasteiger partial charge in [0.05, 0.1) is 17.3 Å². The Morgan fingerprint density at radius 3 is 2.61 bits per heavy atom. The van der Waals surface area contributed by atoms with Crippen LogP contribution >= 0.6 is 11.6 Å². The summed E-state index contributed by atoms with van der Waals surface area (Å²) in [6, 6.07) is 11.2. The maximum absolute atomic E-state index is 13.4. The van der Waals surface area contributed by atoms with Crippen molar-refractivity contribution >= 4 is 22.8 Å². The van der Waals surface area contributed by atoms with Gasteiger partial charge in [-0.25, -0.2) is 4.79 Å². The van der Waals surface area contributed by atoms with E-state index in [1.54, 1.807) is 23.7 Å². The highest BCUT2D eigenvalue weighted by Gasteiger charge is 2.22. The van der Waals surface area contributed by atoms with Crippen molar-refractivity contribution in [3.8, 4) is 11.8 Å². The van der Waals surface area contributed by atoms with Crippen molar-refractivity contribution in [3.05, 3.63) is 79.7 Å². The molecule has 0 spiro atoms. The summed E-state index contributed by atoms with van der Waals surface area (Å²) in [7, 11) is 1.56. The van der Waals surface area contributed by atoms with Crippen molar-refractivity contribution in [3.63, 3.8) is 0 Å². The van der Waals surface area contributed by atoms with Gasteiger partial charge in [-0.1, -0.05) is 36.7 Å². The standard InChI is InChI=1S/C23H24ClN5O4/c1-3-15-7-4-5-8-18(15)33-22-26-20-19(29(22)14-17-10-9-16(24)13-25-17)21(31)28(11-6-12-30)23(32)27(20)2/h4-5,7-10,13,30H,3,6,11-12,14H2,1-2H3. The van der Waals surface area contributed by atoms with Crippen molar-refractivity contribution < 1.29 is 9.84 Å². The number of hydrogen-bond acceptors (Lipinski definition) is 6. The lowest BCUT2D eigenvalue weighted by molar-refractivity contribution is 0.277. The molecule has 0 amide bonds. The highest BCUT2D eigenvalue weighted by molar-refractivity contribution is 6.30. The van der Waals surface area contributed by atoms with Gasteiger partial charge in [-0.2, -0.15) is 4.98 Å². The molecule has 1 aromatic carbocycles. The number of benzene rings is 1. The maximum Gasteiger partial charge on any atom is 0.332 e. The zero-order valence-electron chi connectivity index (χ0n) is 18.4. The average Bonchev–Trinajstić information content (AvgIpc) is 3.17. The summed E-state index contributed by atoms with van der Waals surface area (Å²) in [4.78, 5) is 35.0. The molecule has 9 nitrogen and oxygen atoms in total. The molecule has 1 N–H and O–H groups in total. The molecule has 0 atom stereocenters. The molecule has 10 heteroatoms. The van der Waals surface area contributed by atoms with Crippen LogP contribution in [0.1, 0.15) is 24.6 Å². The highest BCUT2D eigenvalue weighted by atomic mass is 35.5. The largest absolute Gasteiger partial charge is 0.425 e. The van der Waals surface area contributed by atoms with E-state index in [-0.39, 0.29) is 43.3 Å². The van der Waals surface area contributed by atoms with Gasteiger partial charge in [0, 0.05) is 26.4 Å². The molecule has 0 fully saturated rings. The summed E-state index contributed by atoms with van der Waals surface area (Å²) in [5, 5.41) is 9.70. The van der Waals surface area contributed by atoms with Crippen molar-refractivity contribution in [1.82, 2.24) is 23.7 Å². The summed E-state index contributed by atoms with van der Waals surface area (Å²) >= 11 is 5.98. The van der Waals surface area contributed by atoms with Crippen LogP contribution in [0, 0.1) is 0 Å². The SMILES string of the molecule is CCc1ccccc1Oc1nc2c(c(=O)n(CCCO)c(=O)n2C)n1Cc1ccc(Cl)cn1. The number of para-hydroxylation sites is 1. The minimum atomic E-state index is -0.504. The summed E-state index contributed by atoms with van der Waals surface area (Å²) < 4.78 is 10.2. The number of nitrogens with zero attached hydrogens (tertiary/aromatic N) is 5. The number of imidazole rings is 1. The Kier molecular flexibility index (Phi) is 6.62. The first-order valence-corrected chi connectivity index (χ1v) is 11.0. The first kappa shape index (κ1) is 22.8. The monoisotopic (exact) mass is 469 g/mol. The Morgan fingerprint density at radius 2 is 1.91 bits per heavy atom. The van der Waals surface area contributed by atoms with Crippen LogP contribution in [0.2, 0.25) is 5.02 Å². The van der Waals surface area contributed by atoms with Gasteiger partial charge >= 0.3 is 11.7 Å². The van der Waals surface area contributed by atoms with Gasteiger partial charge in [-0.15, -0.1) is 0 Å². The second-order valence-electron chi connectivity index (χ2n) is 7.56. The Labute approximate surface area is 194 Å². The average molecular weight is 470 g/mol. The van der Waals surface area contributed by atoms with Crippen LogP contribution in [0.15, 0.2) is 52.2 Å². The zero-order chi connectivity index (χ0) is 23.5. The summed E-state index contributed by atoms with van der Waals surface area (Å²) in [5.41, 5.74) is 1.05. The number of aromatic nitrogens is 5. The van der Waals surface area contributed by atoms with Crippen LogP contribution < -0.4 is 16.0 Å². The van der Waals surface area contributed by atoms with Gasteiger partial charge in [0.25, 0.3) is 5.56 Å². The summed E-state index contributed by atoms with van der Waals surface area (Å²) in [6.07, 6.45) is 2.56. The van der Waals surface area contributed by atoms with Crippen molar-refractivity contribution in [2.24, 2.45) is 7.05 Å². The molecular weight excluding hydrogens is 446 g/mol. The van der Waals surface area contributed by atoms with E-state index in [1.165, 1.54) is 10.8 Å². The number of aliphatic hydroxyl groups excluding tert-OH is 1. The minimum absolute atomic E-state index is 0.0944. The van der Waals surface area contributed by atoms with E-state index in [0.717, 1.165) is 16.6 Å². The molecule has 0 saturated heterocycles. The number of aliphatic hydroxyl groups is 1. The summed E-state index contributed by atoms with van der Waals surface area (Å²) in [6.45, 7) is 2.16. The number of aryl methyl sites for hydroxylation is 2. The third-order valence-electron chi connectivity index (χ3n) is 5.40. The fourth-order valence-electron chi connectivity index (χ4n) is 3.66. The predicted molar refractivity (Wildman–Crippen MR) is 125 cm³/mol. The molecule has 0 saturated carbocycles. The van der Waals surface area contributed by atoms with Gasteiger partial charge in [-0.3, -0.25) is 23.5 Å². The van der Waals surface area contributed by atoms with Crippen LogP contribution in [-0.2, 0) is 26.6 Å². The first-order valence-electron chi connectivity index (χ1n) is 10.6. The third kappa shape index (κ3) is 4.42. The normalized spacial score (nSPS) is 11.3. The second kappa shape index (κ2) is 9.60. The van der Waals surface area contributed by atoms with Crippen LogP contribution in [-0.4, -0.2) is 35.4 Å². The van der Waals surface area contributed by atoms with Crippen molar-refractivity contribution in [2.45, 2.75) is 32.9 Å². The molecule has 3 aromatic heterocycles. The van der Waals surface area contributed by atoms with E-state index in [1.807, 2.05) is 31.2 Å². The fourth-order valence-corrected chi connectivity index (χ4v) is 3.77. The molecule has 3 heterocycles. The molecule has 4 rings (SSSR count). The number of rotatable bonds is 8. The van der Waals surface area contributed by atoms with Crippen molar-refractivity contribution in [2.75, 3.05) is 6.61 Å². The molecule has 0 aliphatic carbocycles. The van der Waals surface area contributed by atoms with Crippen LogP contribution in [0.5, 0.6) is 11.8 Å². The second-order valence-corrected chi connectivity index (χ2v) is 8.00. The van der Waals surface area contributed by atoms with Gasteiger partial charge in [-0.05, 0) is 36.6 Å². The lowest BCUT2D eigenvalue weighted by Gasteiger charge is -2.12. The number of hydrogen-bond donors (Lipinski definition) is 1. The zero-order valence-corrected chi connectivity index (χ0v) is 19.1. The van der Waals surface area contributed by atoms with Crippen LogP contribution in [0.4, 0.5) is 0 Å². The van der Waals surface area contributed by atoms with E-state index in [4.69, 9.17) is 16.3 Å². The fraction of sp³-hybridized carbons (Fsp3) is 0.304. The predicted octanol–water partition coefficient (Wildman–Crippen LogP) is 2.73. The third-order valence-corrected chi connectivity index (χ3v) is 5.62. The van der Waals surface area contributed by atoms with Gasteiger partial charge < -0.3 is 9.84 Å². The minimum Gasteiger partial charge on any atom is -0.425 e. The van der Waals surface area contributed by atoms with E-state index >= 15 is 0 Å². The molecule has 33 heavy (non-hydrogen) atoms. The molecule has 0 radical (unpaired) electrons. The van der Waals surface area contributed by atoms with Crippen molar-refractivity contribution in [1.29, 1.82) is 0 Å². The molecule has 172 valence electrons. The Bertz CT molecular complexity index is 1410. The maximum atomic E-state index is 13.4. The molecule has 0 unspecified atom stereocenters. The molecule has 0 aliphatic rings. The van der Waals surface area contributed by atoms with E-state index < -0.39 is 11.2 Å².